The van der Waals surface area contributed by atoms with E-state index in [0.717, 1.165) is 25.2 Å². The molecule has 1 aromatic heterocycles. The first kappa shape index (κ1) is 15.6. The summed E-state index contributed by atoms with van der Waals surface area (Å²) in [6, 6.07) is 0. The Labute approximate surface area is 111 Å². The molecule has 0 radical (unpaired) electrons. The number of halogens is 2. The van der Waals surface area contributed by atoms with Crippen LogP contribution in [-0.4, -0.2) is 24.0 Å². The van der Waals surface area contributed by atoms with Gasteiger partial charge < -0.3 is 10.6 Å². The van der Waals surface area contributed by atoms with E-state index in [-0.39, 0.29) is 36.6 Å². The second-order valence-electron chi connectivity index (χ2n) is 3.39. The molecule has 1 amide bonds. The molecule has 1 aliphatic heterocycles. The van der Waals surface area contributed by atoms with E-state index in [1.165, 1.54) is 0 Å². The lowest BCUT2D eigenvalue weighted by Crippen LogP contribution is -2.31. The zero-order valence-corrected chi connectivity index (χ0v) is 11.1. The molecule has 7 heteroatoms. The summed E-state index contributed by atoms with van der Waals surface area (Å²) in [5.41, 5.74) is 2.72. The van der Waals surface area contributed by atoms with Crippen LogP contribution >= 0.6 is 36.2 Å². The molecule has 1 saturated heterocycles. The molecule has 1 atom stereocenters. The van der Waals surface area contributed by atoms with Crippen molar-refractivity contribution in [2.24, 2.45) is 5.92 Å². The van der Waals surface area contributed by atoms with Crippen molar-refractivity contribution >= 4 is 42.1 Å². The van der Waals surface area contributed by atoms with Gasteiger partial charge in [0.15, 0.2) is 0 Å². The number of nitrogens with zero attached hydrogens (tertiary/aromatic N) is 1. The van der Waals surface area contributed by atoms with Crippen molar-refractivity contribution in [3.63, 3.8) is 0 Å². The van der Waals surface area contributed by atoms with Gasteiger partial charge in [-0.1, -0.05) is 0 Å². The third-order valence-corrected chi connectivity index (χ3v) is 2.99. The summed E-state index contributed by atoms with van der Waals surface area (Å²) in [5, 5.41) is 8.02. The van der Waals surface area contributed by atoms with Crippen molar-refractivity contribution in [2.45, 2.75) is 13.0 Å². The van der Waals surface area contributed by atoms with E-state index in [1.54, 1.807) is 16.8 Å². The molecule has 0 spiro atoms. The van der Waals surface area contributed by atoms with Crippen molar-refractivity contribution < 1.29 is 4.79 Å². The summed E-state index contributed by atoms with van der Waals surface area (Å²) in [6.07, 6.45) is 0.947. The van der Waals surface area contributed by atoms with Crippen LogP contribution in [0.2, 0.25) is 0 Å². The first-order valence-electron chi connectivity index (χ1n) is 4.72. The van der Waals surface area contributed by atoms with E-state index in [2.05, 4.69) is 15.6 Å². The van der Waals surface area contributed by atoms with Crippen LogP contribution in [0, 0.1) is 5.92 Å². The normalized spacial score (nSPS) is 18.4. The van der Waals surface area contributed by atoms with Gasteiger partial charge in [-0.05, 0) is 13.0 Å². The molecular weight excluding hydrogens is 269 g/mol. The summed E-state index contributed by atoms with van der Waals surface area (Å²) in [6.45, 7) is 2.32. The van der Waals surface area contributed by atoms with Gasteiger partial charge in [0, 0.05) is 11.9 Å². The fraction of sp³-hybridized carbons (Fsp3) is 0.556. The smallest absolute Gasteiger partial charge is 0.224 e. The van der Waals surface area contributed by atoms with E-state index in [0.29, 0.717) is 6.54 Å². The maximum Gasteiger partial charge on any atom is 0.224 e. The molecule has 0 bridgehead atoms. The van der Waals surface area contributed by atoms with E-state index in [4.69, 9.17) is 0 Å². The average molecular weight is 284 g/mol. The minimum atomic E-state index is 0. The zero-order valence-electron chi connectivity index (χ0n) is 8.64. The van der Waals surface area contributed by atoms with E-state index >= 15 is 0 Å². The standard InChI is InChI=1S/C9H13N3OS.2ClH/c13-9(7-1-2-10-3-7)11-4-8-5-14-6-12-8;;/h5-7,10H,1-4H2,(H,11,13);2*1H/t7-;;/m1../s1. The molecule has 0 saturated carbocycles. The third-order valence-electron chi connectivity index (χ3n) is 2.36. The predicted molar refractivity (Wildman–Crippen MR) is 69.4 cm³/mol. The van der Waals surface area contributed by atoms with Gasteiger partial charge in [-0.3, -0.25) is 4.79 Å². The molecule has 92 valence electrons. The Morgan fingerprint density at radius 1 is 1.62 bits per heavy atom. The molecule has 2 rings (SSSR count). The highest BCUT2D eigenvalue weighted by atomic mass is 35.5. The van der Waals surface area contributed by atoms with Crippen molar-refractivity contribution in [3.8, 4) is 0 Å². The quantitative estimate of drug-likeness (QED) is 0.877. The largest absolute Gasteiger partial charge is 0.350 e. The summed E-state index contributed by atoms with van der Waals surface area (Å²) in [7, 11) is 0. The minimum absolute atomic E-state index is 0. The van der Waals surface area contributed by atoms with E-state index < -0.39 is 0 Å². The molecule has 0 aromatic carbocycles. The van der Waals surface area contributed by atoms with Gasteiger partial charge in [0.2, 0.25) is 5.91 Å². The number of thiazole rings is 1. The Kier molecular flexibility index (Phi) is 7.66. The minimum Gasteiger partial charge on any atom is -0.350 e. The number of aromatic nitrogens is 1. The number of rotatable bonds is 3. The number of nitrogens with one attached hydrogen (secondary N) is 2. The lowest BCUT2D eigenvalue weighted by Gasteiger charge is -2.07. The van der Waals surface area contributed by atoms with Gasteiger partial charge in [-0.15, -0.1) is 36.2 Å². The van der Waals surface area contributed by atoms with Crippen molar-refractivity contribution in [3.05, 3.63) is 16.6 Å². The van der Waals surface area contributed by atoms with Crippen LogP contribution in [-0.2, 0) is 11.3 Å². The Morgan fingerprint density at radius 3 is 3.00 bits per heavy atom. The first-order chi connectivity index (χ1) is 6.86. The second kappa shape index (κ2) is 7.84. The Morgan fingerprint density at radius 2 is 2.44 bits per heavy atom. The van der Waals surface area contributed by atoms with E-state index in [1.807, 2.05) is 5.38 Å². The van der Waals surface area contributed by atoms with Gasteiger partial charge in [0.1, 0.15) is 0 Å². The second-order valence-corrected chi connectivity index (χ2v) is 4.11. The van der Waals surface area contributed by atoms with Crippen LogP contribution in [0.3, 0.4) is 0 Å². The van der Waals surface area contributed by atoms with Gasteiger partial charge in [0.25, 0.3) is 0 Å². The number of carbonyl (C=O) groups is 1. The summed E-state index contributed by atoms with van der Waals surface area (Å²) < 4.78 is 0. The SMILES string of the molecule is Cl.Cl.O=C(NCc1cscn1)[C@@H]1CCNC1. The summed E-state index contributed by atoms with van der Waals surface area (Å²) >= 11 is 1.55. The van der Waals surface area contributed by atoms with Crippen LogP contribution in [0.25, 0.3) is 0 Å². The molecule has 2 N–H and O–H groups in total. The highest BCUT2D eigenvalue weighted by molar-refractivity contribution is 7.07. The molecular formula is C9H15Cl2N3OS. The average Bonchev–Trinajstić information content (AvgIpc) is 2.87. The molecule has 0 unspecified atom stereocenters. The monoisotopic (exact) mass is 283 g/mol. The highest BCUT2D eigenvalue weighted by Crippen LogP contribution is 2.07. The Hall–Kier alpha value is -0.360. The molecule has 1 aliphatic rings. The van der Waals surface area contributed by atoms with Crippen LogP contribution in [0.1, 0.15) is 12.1 Å². The fourth-order valence-corrected chi connectivity index (χ4v) is 2.08. The van der Waals surface area contributed by atoms with Crippen LogP contribution in [0.4, 0.5) is 0 Å². The maximum atomic E-state index is 11.6. The van der Waals surface area contributed by atoms with Gasteiger partial charge in [0.05, 0.1) is 23.7 Å². The Bertz CT molecular complexity index is 302. The fourth-order valence-electron chi connectivity index (χ4n) is 1.53. The van der Waals surface area contributed by atoms with Crippen LogP contribution < -0.4 is 10.6 Å². The van der Waals surface area contributed by atoms with Crippen molar-refractivity contribution in [2.75, 3.05) is 13.1 Å². The number of hydrogen-bond acceptors (Lipinski definition) is 4. The maximum absolute atomic E-state index is 11.6. The molecule has 0 aliphatic carbocycles. The summed E-state index contributed by atoms with van der Waals surface area (Å²) in [5.74, 6) is 0.289. The molecule has 1 aromatic rings. The molecule has 1 fully saturated rings. The lowest BCUT2D eigenvalue weighted by molar-refractivity contribution is -0.124. The van der Waals surface area contributed by atoms with Crippen molar-refractivity contribution in [1.29, 1.82) is 0 Å². The Balaban J connectivity index is 0.00000112. The first-order valence-corrected chi connectivity index (χ1v) is 5.66. The topological polar surface area (TPSA) is 54.0 Å². The zero-order chi connectivity index (χ0) is 9.80. The lowest BCUT2D eigenvalue weighted by atomic mass is 10.1. The number of carbonyl (C=O) groups excluding carboxylic acids is 1. The molecule has 4 nitrogen and oxygen atoms in total. The van der Waals surface area contributed by atoms with Crippen LogP contribution in [0.5, 0.6) is 0 Å². The molecule has 16 heavy (non-hydrogen) atoms. The molecule has 2 heterocycles. The number of hydrogen-bond donors (Lipinski definition) is 2. The van der Waals surface area contributed by atoms with Crippen molar-refractivity contribution in [1.82, 2.24) is 15.6 Å². The summed E-state index contributed by atoms with van der Waals surface area (Å²) in [4.78, 5) is 15.7. The number of amides is 1. The highest BCUT2D eigenvalue weighted by Gasteiger charge is 2.21. The van der Waals surface area contributed by atoms with Crippen LogP contribution in [0.15, 0.2) is 10.9 Å². The van der Waals surface area contributed by atoms with E-state index in [9.17, 15) is 4.79 Å². The predicted octanol–water partition coefficient (Wildman–Crippen LogP) is 1.21. The van der Waals surface area contributed by atoms with Gasteiger partial charge in [-0.25, -0.2) is 4.98 Å². The van der Waals surface area contributed by atoms with Gasteiger partial charge in [-0.2, -0.15) is 0 Å². The third kappa shape index (κ3) is 4.25. The van der Waals surface area contributed by atoms with Gasteiger partial charge >= 0.3 is 0 Å².